The van der Waals surface area contributed by atoms with Crippen LogP contribution in [-0.4, -0.2) is 37.6 Å². The lowest BCUT2D eigenvalue weighted by molar-refractivity contribution is 0.218. The molecule has 2 rings (SSSR count). The first-order valence-corrected chi connectivity index (χ1v) is 8.96. The van der Waals surface area contributed by atoms with Crippen LogP contribution in [0.2, 0.25) is 0 Å². The molecule has 0 spiro atoms. The van der Waals surface area contributed by atoms with Gasteiger partial charge in [0.05, 0.1) is 0 Å². The summed E-state index contributed by atoms with van der Waals surface area (Å²) in [6.45, 7) is 10.7. The van der Waals surface area contributed by atoms with Crippen molar-refractivity contribution >= 4 is 0 Å². The van der Waals surface area contributed by atoms with E-state index in [0.717, 1.165) is 30.2 Å². The fraction of sp³-hybridized carbons (Fsp3) is 1.00. The molecule has 0 aromatic carbocycles. The van der Waals surface area contributed by atoms with Crippen molar-refractivity contribution in [3.63, 3.8) is 0 Å². The minimum atomic E-state index is 0.674. The number of likely N-dealkylation sites (N-methyl/N-ethyl adjacent to an activating group) is 1. The number of nitrogens with one attached hydrogen (secondary N) is 1. The molecule has 4 atom stereocenters. The minimum absolute atomic E-state index is 0.674. The first-order valence-electron chi connectivity index (χ1n) is 8.96. The molecule has 118 valence electrons. The third-order valence-electron chi connectivity index (χ3n) is 5.59. The molecule has 4 unspecified atom stereocenters. The van der Waals surface area contributed by atoms with E-state index in [0.29, 0.717) is 6.04 Å². The standard InChI is InChI=1S/C18H36N2/c1-14(2)5-6-15(3)19-9-10-20(4)13-18-12-16-7-8-17(18)11-16/h14-19H,5-13H2,1-4H3. The zero-order valence-electron chi connectivity index (χ0n) is 14.2. The number of nitrogens with zero attached hydrogens (tertiary/aromatic N) is 1. The zero-order valence-corrected chi connectivity index (χ0v) is 14.2. The van der Waals surface area contributed by atoms with Gasteiger partial charge in [-0.05, 0) is 69.7 Å². The molecule has 2 heteroatoms. The fourth-order valence-corrected chi connectivity index (χ4v) is 4.28. The zero-order chi connectivity index (χ0) is 14.5. The molecule has 2 aliphatic carbocycles. The van der Waals surface area contributed by atoms with Crippen LogP contribution in [0, 0.1) is 23.7 Å². The maximum absolute atomic E-state index is 3.69. The Morgan fingerprint density at radius 3 is 2.50 bits per heavy atom. The van der Waals surface area contributed by atoms with Gasteiger partial charge in [-0.15, -0.1) is 0 Å². The van der Waals surface area contributed by atoms with Gasteiger partial charge in [0, 0.05) is 25.7 Å². The number of hydrogen-bond acceptors (Lipinski definition) is 2. The molecule has 0 aliphatic heterocycles. The Balaban J connectivity index is 1.53. The van der Waals surface area contributed by atoms with Gasteiger partial charge in [0.2, 0.25) is 0 Å². The highest BCUT2D eigenvalue weighted by Gasteiger charge is 2.39. The van der Waals surface area contributed by atoms with Crippen LogP contribution in [0.5, 0.6) is 0 Å². The Kier molecular flexibility index (Phi) is 6.35. The van der Waals surface area contributed by atoms with Crippen molar-refractivity contribution in [3.8, 4) is 0 Å². The second-order valence-corrected chi connectivity index (χ2v) is 8.02. The highest BCUT2D eigenvalue weighted by Crippen LogP contribution is 2.48. The Labute approximate surface area is 126 Å². The van der Waals surface area contributed by atoms with Crippen LogP contribution in [0.25, 0.3) is 0 Å². The average Bonchev–Trinajstić information content (AvgIpc) is 2.98. The summed E-state index contributed by atoms with van der Waals surface area (Å²) in [5.41, 5.74) is 0. The summed E-state index contributed by atoms with van der Waals surface area (Å²) in [7, 11) is 2.31. The summed E-state index contributed by atoms with van der Waals surface area (Å²) >= 11 is 0. The molecule has 1 N–H and O–H groups in total. The SMILES string of the molecule is CC(C)CCC(C)NCCN(C)CC1CC2CCC1C2. The molecular formula is C18H36N2. The monoisotopic (exact) mass is 280 g/mol. The summed E-state index contributed by atoms with van der Waals surface area (Å²) < 4.78 is 0. The molecule has 0 amide bonds. The Hall–Kier alpha value is -0.0800. The maximum atomic E-state index is 3.69. The largest absolute Gasteiger partial charge is 0.313 e. The Morgan fingerprint density at radius 1 is 1.10 bits per heavy atom. The Bertz CT molecular complexity index is 277. The lowest BCUT2D eigenvalue weighted by Crippen LogP contribution is -2.37. The molecule has 0 aromatic heterocycles. The highest BCUT2D eigenvalue weighted by molar-refractivity contribution is 4.90. The van der Waals surface area contributed by atoms with E-state index in [1.807, 2.05) is 0 Å². The molecule has 20 heavy (non-hydrogen) atoms. The van der Waals surface area contributed by atoms with Gasteiger partial charge >= 0.3 is 0 Å². The third kappa shape index (κ3) is 5.04. The summed E-state index contributed by atoms with van der Waals surface area (Å²) in [4.78, 5) is 2.56. The van der Waals surface area contributed by atoms with Gasteiger partial charge in [0.1, 0.15) is 0 Å². The van der Waals surface area contributed by atoms with E-state index in [-0.39, 0.29) is 0 Å². The topological polar surface area (TPSA) is 15.3 Å². The van der Waals surface area contributed by atoms with Crippen LogP contribution in [0.3, 0.4) is 0 Å². The average molecular weight is 280 g/mol. The van der Waals surface area contributed by atoms with Gasteiger partial charge in [-0.1, -0.05) is 20.3 Å². The third-order valence-corrected chi connectivity index (χ3v) is 5.59. The van der Waals surface area contributed by atoms with E-state index in [2.05, 4.69) is 38.0 Å². The number of hydrogen-bond donors (Lipinski definition) is 1. The van der Waals surface area contributed by atoms with Crippen molar-refractivity contribution in [2.75, 3.05) is 26.7 Å². The Morgan fingerprint density at radius 2 is 1.90 bits per heavy atom. The smallest absolute Gasteiger partial charge is 0.0104 e. The lowest BCUT2D eigenvalue weighted by atomic mass is 9.88. The molecule has 0 heterocycles. The molecule has 2 fully saturated rings. The maximum Gasteiger partial charge on any atom is 0.0104 e. The number of rotatable bonds is 9. The predicted molar refractivity (Wildman–Crippen MR) is 88.0 cm³/mol. The number of fused-ring (bicyclic) bond motifs is 2. The summed E-state index contributed by atoms with van der Waals surface area (Å²) in [6.07, 6.45) is 8.77. The molecule has 2 nitrogen and oxygen atoms in total. The highest BCUT2D eigenvalue weighted by atomic mass is 15.1. The quantitative estimate of drug-likeness (QED) is 0.691. The molecular weight excluding hydrogens is 244 g/mol. The van der Waals surface area contributed by atoms with Crippen molar-refractivity contribution < 1.29 is 0 Å². The van der Waals surface area contributed by atoms with Crippen molar-refractivity contribution in [1.82, 2.24) is 10.2 Å². The van der Waals surface area contributed by atoms with Gasteiger partial charge in [0.15, 0.2) is 0 Å². The molecule has 2 aliphatic rings. The van der Waals surface area contributed by atoms with Crippen molar-refractivity contribution in [3.05, 3.63) is 0 Å². The molecule has 0 radical (unpaired) electrons. The molecule has 0 aromatic rings. The predicted octanol–water partition coefficient (Wildman–Crippen LogP) is 3.77. The minimum Gasteiger partial charge on any atom is -0.313 e. The normalized spacial score (nSPS) is 30.6. The van der Waals surface area contributed by atoms with E-state index >= 15 is 0 Å². The van der Waals surface area contributed by atoms with Gasteiger partial charge in [-0.25, -0.2) is 0 Å². The van der Waals surface area contributed by atoms with Crippen LogP contribution in [0.15, 0.2) is 0 Å². The molecule has 2 bridgehead atoms. The van der Waals surface area contributed by atoms with Gasteiger partial charge in [0.25, 0.3) is 0 Å². The van der Waals surface area contributed by atoms with Crippen LogP contribution in [0.4, 0.5) is 0 Å². The van der Waals surface area contributed by atoms with Crippen LogP contribution >= 0.6 is 0 Å². The van der Waals surface area contributed by atoms with Crippen LogP contribution in [-0.2, 0) is 0 Å². The second kappa shape index (κ2) is 7.79. The lowest BCUT2D eigenvalue weighted by Gasteiger charge is -2.27. The van der Waals surface area contributed by atoms with E-state index in [4.69, 9.17) is 0 Å². The summed E-state index contributed by atoms with van der Waals surface area (Å²) in [5.74, 6) is 4.00. The second-order valence-electron chi connectivity index (χ2n) is 8.02. The van der Waals surface area contributed by atoms with Crippen LogP contribution < -0.4 is 5.32 Å². The van der Waals surface area contributed by atoms with E-state index in [9.17, 15) is 0 Å². The van der Waals surface area contributed by atoms with Gasteiger partial charge in [-0.3, -0.25) is 0 Å². The van der Waals surface area contributed by atoms with Crippen molar-refractivity contribution in [1.29, 1.82) is 0 Å². The van der Waals surface area contributed by atoms with E-state index in [1.165, 1.54) is 45.2 Å². The first kappa shape index (κ1) is 16.3. The molecule has 2 saturated carbocycles. The van der Waals surface area contributed by atoms with Crippen molar-refractivity contribution in [2.45, 2.75) is 65.3 Å². The molecule has 0 saturated heterocycles. The van der Waals surface area contributed by atoms with Crippen molar-refractivity contribution in [2.24, 2.45) is 23.7 Å². The fourth-order valence-electron chi connectivity index (χ4n) is 4.28. The first-order chi connectivity index (χ1) is 9.54. The van der Waals surface area contributed by atoms with Gasteiger partial charge < -0.3 is 10.2 Å². The van der Waals surface area contributed by atoms with E-state index < -0.39 is 0 Å². The van der Waals surface area contributed by atoms with Crippen LogP contribution in [0.1, 0.15) is 59.3 Å². The van der Waals surface area contributed by atoms with E-state index in [1.54, 1.807) is 6.42 Å². The van der Waals surface area contributed by atoms with Gasteiger partial charge in [-0.2, -0.15) is 0 Å². The summed E-state index contributed by atoms with van der Waals surface area (Å²) in [6, 6.07) is 0.674. The summed E-state index contributed by atoms with van der Waals surface area (Å²) in [5, 5.41) is 3.69.